The topological polar surface area (TPSA) is 52.6 Å². The molecular formula is C23H31N5O. The first-order valence-corrected chi connectivity index (χ1v) is 10.9. The quantitative estimate of drug-likeness (QED) is 0.755. The molecule has 2 aliphatic rings. The highest BCUT2D eigenvalue weighted by molar-refractivity contribution is 5.76. The predicted molar refractivity (Wildman–Crippen MR) is 116 cm³/mol. The molecule has 0 aliphatic carbocycles. The Balaban J connectivity index is 1.25. The first-order chi connectivity index (χ1) is 14.3. The van der Waals surface area contributed by atoms with Crippen molar-refractivity contribution in [2.45, 2.75) is 38.5 Å². The number of hydrogen-bond acceptors (Lipinski definition) is 5. The fourth-order valence-electron chi connectivity index (χ4n) is 4.24. The summed E-state index contributed by atoms with van der Waals surface area (Å²) in [7, 11) is 0. The Bertz CT molecular complexity index is 783. The van der Waals surface area contributed by atoms with E-state index in [1.165, 1.54) is 24.8 Å². The van der Waals surface area contributed by atoms with E-state index in [9.17, 15) is 4.79 Å². The molecule has 1 aromatic heterocycles. The number of hydrogen-bond donors (Lipinski definition) is 0. The maximum absolute atomic E-state index is 12.6. The summed E-state index contributed by atoms with van der Waals surface area (Å²) in [4.78, 5) is 28.2. The van der Waals surface area contributed by atoms with Crippen LogP contribution < -0.4 is 9.80 Å². The lowest BCUT2D eigenvalue weighted by Crippen LogP contribution is -2.49. The van der Waals surface area contributed by atoms with Crippen LogP contribution in [-0.4, -0.2) is 60.0 Å². The van der Waals surface area contributed by atoms with Gasteiger partial charge in [0.15, 0.2) is 0 Å². The molecule has 2 fully saturated rings. The van der Waals surface area contributed by atoms with Crippen molar-refractivity contribution < 1.29 is 4.79 Å². The Morgan fingerprint density at radius 2 is 1.48 bits per heavy atom. The lowest BCUT2D eigenvalue weighted by atomic mass is 10.1. The lowest BCUT2D eigenvalue weighted by Gasteiger charge is -2.36. The zero-order valence-electron chi connectivity index (χ0n) is 17.2. The van der Waals surface area contributed by atoms with Crippen LogP contribution in [0.2, 0.25) is 0 Å². The van der Waals surface area contributed by atoms with Gasteiger partial charge >= 0.3 is 0 Å². The van der Waals surface area contributed by atoms with Gasteiger partial charge in [-0.15, -0.1) is 0 Å². The van der Waals surface area contributed by atoms with E-state index >= 15 is 0 Å². The fourth-order valence-corrected chi connectivity index (χ4v) is 4.24. The van der Waals surface area contributed by atoms with Crippen LogP contribution in [0.4, 0.5) is 11.6 Å². The number of carbonyl (C=O) groups excluding carboxylic acids is 1. The van der Waals surface area contributed by atoms with E-state index in [0.29, 0.717) is 6.42 Å². The van der Waals surface area contributed by atoms with Crippen molar-refractivity contribution in [1.82, 2.24) is 14.9 Å². The summed E-state index contributed by atoms with van der Waals surface area (Å²) < 4.78 is 0. The predicted octanol–water partition coefficient (Wildman–Crippen LogP) is 3.14. The van der Waals surface area contributed by atoms with Gasteiger partial charge < -0.3 is 14.7 Å². The van der Waals surface area contributed by atoms with Gasteiger partial charge in [-0.05, 0) is 37.7 Å². The van der Waals surface area contributed by atoms with Crippen LogP contribution in [0, 0.1) is 0 Å². The number of aryl methyl sites for hydroxylation is 1. The van der Waals surface area contributed by atoms with Gasteiger partial charge in [-0.3, -0.25) is 4.79 Å². The van der Waals surface area contributed by atoms with Crippen LogP contribution in [0.3, 0.4) is 0 Å². The van der Waals surface area contributed by atoms with Gasteiger partial charge in [-0.25, -0.2) is 9.97 Å². The first kappa shape index (κ1) is 19.7. The van der Waals surface area contributed by atoms with Crippen molar-refractivity contribution in [1.29, 1.82) is 0 Å². The molecule has 154 valence electrons. The maximum Gasteiger partial charge on any atom is 0.222 e. The van der Waals surface area contributed by atoms with E-state index in [0.717, 1.165) is 63.7 Å². The van der Waals surface area contributed by atoms with Crippen molar-refractivity contribution in [3.05, 3.63) is 48.3 Å². The van der Waals surface area contributed by atoms with Crippen LogP contribution in [0.15, 0.2) is 42.7 Å². The molecular weight excluding hydrogens is 362 g/mol. The summed E-state index contributed by atoms with van der Waals surface area (Å²) >= 11 is 0. The monoisotopic (exact) mass is 393 g/mol. The molecule has 2 saturated heterocycles. The van der Waals surface area contributed by atoms with E-state index in [2.05, 4.69) is 50.1 Å². The third kappa shape index (κ3) is 5.25. The molecule has 0 saturated carbocycles. The summed E-state index contributed by atoms with van der Waals surface area (Å²) in [5, 5.41) is 0. The van der Waals surface area contributed by atoms with Crippen LogP contribution >= 0.6 is 0 Å². The number of aromatic nitrogens is 2. The third-order valence-corrected chi connectivity index (χ3v) is 5.97. The zero-order valence-corrected chi connectivity index (χ0v) is 17.2. The van der Waals surface area contributed by atoms with Gasteiger partial charge in [-0.2, -0.15) is 0 Å². The summed E-state index contributed by atoms with van der Waals surface area (Å²) in [6.07, 6.45) is 7.98. The SMILES string of the molecule is O=C(CCCc1ccccc1)N1CCN(c2cc(N3CCCCC3)ncn2)CC1. The van der Waals surface area contributed by atoms with Crippen LogP contribution in [0.5, 0.6) is 0 Å². The second kappa shape index (κ2) is 9.72. The average molecular weight is 394 g/mol. The average Bonchev–Trinajstić information content (AvgIpc) is 2.80. The van der Waals surface area contributed by atoms with Crippen molar-refractivity contribution >= 4 is 17.5 Å². The smallest absolute Gasteiger partial charge is 0.222 e. The summed E-state index contributed by atoms with van der Waals surface area (Å²) in [5.41, 5.74) is 1.30. The van der Waals surface area contributed by atoms with Gasteiger partial charge in [-0.1, -0.05) is 30.3 Å². The molecule has 2 aromatic rings. The first-order valence-electron chi connectivity index (χ1n) is 10.9. The minimum absolute atomic E-state index is 0.275. The molecule has 0 atom stereocenters. The largest absolute Gasteiger partial charge is 0.356 e. The van der Waals surface area contributed by atoms with Gasteiger partial charge in [0.25, 0.3) is 0 Å². The molecule has 29 heavy (non-hydrogen) atoms. The van der Waals surface area contributed by atoms with Gasteiger partial charge in [0.2, 0.25) is 5.91 Å². The van der Waals surface area contributed by atoms with Crippen molar-refractivity contribution in [3.8, 4) is 0 Å². The molecule has 0 bridgehead atoms. The highest BCUT2D eigenvalue weighted by Crippen LogP contribution is 2.22. The maximum atomic E-state index is 12.6. The van der Waals surface area contributed by atoms with E-state index in [-0.39, 0.29) is 5.91 Å². The second-order valence-corrected chi connectivity index (χ2v) is 7.99. The normalized spacial score (nSPS) is 17.4. The Hall–Kier alpha value is -2.63. The summed E-state index contributed by atoms with van der Waals surface area (Å²) in [6, 6.07) is 12.5. The molecule has 6 heteroatoms. The van der Waals surface area contributed by atoms with E-state index in [1.807, 2.05) is 11.0 Å². The van der Waals surface area contributed by atoms with E-state index < -0.39 is 0 Å². The minimum atomic E-state index is 0.275. The molecule has 1 aromatic carbocycles. The number of nitrogens with zero attached hydrogens (tertiary/aromatic N) is 5. The Morgan fingerprint density at radius 1 is 0.828 bits per heavy atom. The number of piperazine rings is 1. The highest BCUT2D eigenvalue weighted by atomic mass is 16.2. The molecule has 0 unspecified atom stereocenters. The second-order valence-electron chi connectivity index (χ2n) is 7.99. The van der Waals surface area contributed by atoms with Crippen molar-refractivity contribution in [2.75, 3.05) is 49.1 Å². The Kier molecular flexibility index (Phi) is 6.60. The van der Waals surface area contributed by atoms with Crippen LogP contribution in [-0.2, 0) is 11.2 Å². The van der Waals surface area contributed by atoms with Crippen LogP contribution in [0.25, 0.3) is 0 Å². The number of piperidine rings is 1. The third-order valence-electron chi connectivity index (χ3n) is 5.97. The van der Waals surface area contributed by atoms with Gasteiger partial charge in [0.1, 0.15) is 18.0 Å². The van der Waals surface area contributed by atoms with E-state index in [4.69, 9.17) is 0 Å². The molecule has 1 amide bonds. The molecule has 6 nitrogen and oxygen atoms in total. The molecule has 0 N–H and O–H groups in total. The van der Waals surface area contributed by atoms with Gasteiger partial charge in [0, 0.05) is 51.8 Å². The molecule has 2 aliphatic heterocycles. The molecule has 0 radical (unpaired) electrons. The molecule has 0 spiro atoms. The van der Waals surface area contributed by atoms with Crippen molar-refractivity contribution in [2.24, 2.45) is 0 Å². The number of benzene rings is 1. The fraction of sp³-hybridized carbons (Fsp3) is 0.522. The van der Waals surface area contributed by atoms with E-state index in [1.54, 1.807) is 6.33 Å². The zero-order chi connectivity index (χ0) is 19.9. The Labute approximate surface area is 173 Å². The number of carbonyl (C=O) groups is 1. The van der Waals surface area contributed by atoms with Gasteiger partial charge in [0.05, 0.1) is 0 Å². The lowest BCUT2D eigenvalue weighted by molar-refractivity contribution is -0.131. The number of amides is 1. The minimum Gasteiger partial charge on any atom is -0.356 e. The number of anilines is 2. The molecule has 3 heterocycles. The number of rotatable bonds is 6. The summed E-state index contributed by atoms with van der Waals surface area (Å²) in [6.45, 7) is 5.38. The molecule has 4 rings (SSSR count). The standard InChI is InChI=1S/C23H31N5O/c29-23(11-7-10-20-8-3-1-4-9-20)28-16-14-27(15-17-28)22-18-21(24-19-25-22)26-12-5-2-6-13-26/h1,3-4,8-9,18-19H,2,5-7,10-17H2. The van der Waals surface area contributed by atoms with Crippen molar-refractivity contribution in [3.63, 3.8) is 0 Å². The summed E-state index contributed by atoms with van der Waals surface area (Å²) in [5.74, 6) is 2.29. The Morgan fingerprint density at radius 3 is 2.17 bits per heavy atom. The van der Waals surface area contributed by atoms with Crippen LogP contribution in [0.1, 0.15) is 37.7 Å². The highest BCUT2D eigenvalue weighted by Gasteiger charge is 2.22.